The monoisotopic (exact) mass is 473 g/mol. The van der Waals surface area contributed by atoms with Gasteiger partial charge < -0.3 is 9.47 Å². The predicted octanol–water partition coefficient (Wildman–Crippen LogP) is 1.22. The van der Waals surface area contributed by atoms with Crippen LogP contribution >= 0.6 is 0 Å². The van der Waals surface area contributed by atoms with Gasteiger partial charge in [-0.15, -0.1) is 0 Å². The third-order valence-corrected chi connectivity index (χ3v) is 5.98. The quantitative estimate of drug-likeness (QED) is 0.341. The highest BCUT2D eigenvalue weighted by atomic mass is 32.2. The van der Waals surface area contributed by atoms with E-state index in [1.54, 1.807) is 6.07 Å². The zero-order valence-electron chi connectivity index (χ0n) is 17.9. The molecule has 4 N–H and O–H groups in total. The first-order valence-electron chi connectivity index (χ1n) is 9.75. The fraction of sp³-hybridized carbons (Fsp3) is 0.190. The summed E-state index contributed by atoms with van der Waals surface area (Å²) in [5.74, 6) is -0.528. The summed E-state index contributed by atoms with van der Waals surface area (Å²) < 4.78 is 37.4. The van der Waals surface area contributed by atoms with Crippen LogP contribution in [0, 0.1) is 0 Å². The van der Waals surface area contributed by atoms with Crippen molar-refractivity contribution in [2.75, 3.05) is 20.8 Å². The number of benzene rings is 2. The lowest BCUT2D eigenvalue weighted by molar-refractivity contribution is -0.121. The lowest BCUT2D eigenvalue weighted by Crippen LogP contribution is -2.43. The van der Waals surface area contributed by atoms with Crippen LogP contribution in [0.25, 0.3) is 11.3 Å². The van der Waals surface area contributed by atoms with E-state index in [1.165, 1.54) is 32.4 Å². The average Bonchev–Trinajstić information content (AvgIpc) is 3.33. The Morgan fingerprint density at radius 1 is 0.970 bits per heavy atom. The second-order valence-corrected chi connectivity index (χ2v) is 8.47. The van der Waals surface area contributed by atoms with Gasteiger partial charge in [-0.05, 0) is 18.2 Å². The minimum atomic E-state index is -3.88. The molecule has 3 rings (SSSR count). The summed E-state index contributed by atoms with van der Waals surface area (Å²) in [5, 5.41) is 6.67. The van der Waals surface area contributed by atoms with Gasteiger partial charge in [0.1, 0.15) is 5.69 Å². The Morgan fingerprint density at radius 2 is 1.70 bits per heavy atom. The summed E-state index contributed by atoms with van der Waals surface area (Å²) in [4.78, 5) is 24.1. The number of carbonyl (C=O) groups excluding carboxylic acids is 2. The average molecular weight is 474 g/mol. The third kappa shape index (κ3) is 6.08. The van der Waals surface area contributed by atoms with E-state index >= 15 is 0 Å². The first kappa shape index (κ1) is 23.8. The van der Waals surface area contributed by atoms with E-state index in [9.17, 15) is 18.0 Å². The molecule has 0 saturated carbocycles. The molecular formula is C21H23N5O6S. The molecule has 3 aromatic rings. The fourth-order valence-electron chi connectivity index (χ4n) is 2.82. The highest BCUT2D eigenvalue weighted by Crippen LogP contribution is 2.29. The Labute approximate surface area is 190 Å². The van der Waals surface area contributed by atoms with Crippen molar-refractivity contribution in [1.29, 1.82) is 0 Å². The van der Waals surface area contributed by atoms with Crippen molar-refractivity contribution in [2.45, 2.75) is 11.3 Å². The molecule has 2 aromatic carbocycles. The molecule has 0 aliphatic heterocycles. The largest absolute Gasteiger partial charge is 0.493 e. The molecule has 12 heteroatoms. The van der Waals surface area contributed by atoms with E-state index in [4.69, 9.17) is 9.47 Å². The second kappa shape index (κ2) is 10.6. The normalized spacial score (nSPS) is 11.0. The van der Waals surface area contributed by atoms with E-state index < -0.39 is 21.8 Å². The summed E-state index contributed by atoms with van der Waals surface area (Å²) in [5.41, 5.74) is 6.05. The highest BCUT2D eigenvalue weighted by Gasteiger charge is 2.17. The van der Waals surface area contributed by atoms with Crippen molar-refractivity contribution in [1.82, 2.24) is 25.8 Å². The van der Waals surface area contributed by atoms with E-state index in [0.29, 0.717) is 11.4 Å². The zero-order valence-corrected chi connectivity index (χ0v) is 18.7. The number of aromatic amines is 1. The molecule has 2 amide bonds. The zero-order chi connectivity index (χ0) is 23.8. The summed E-state index contributed by atoms with van der Waals surface area (Å²) in [6.45, 7) is -0.180. The number of sulfonamides is 1. The first-order valence-corrected chi connectivity index (χ1v) is 11.2. The van der Waals surface area contributed by atoms with Crippen LogP contribution in [0.15, 0.2) is 59.5 Å². The molecule has 0 bridgehead atoms. The van der Waals surface area contributed by atoms with Crippen molar-refractivity contribution in [3.63, 3.8) is 0 Å². The lowest BCUT2D eigenvalue weighted by atomic mass is 10.1. The van der Waals surface area contributed by atoms with Crippen LogP contribution in [0.1, 0.15) is 16.9 Å². The Morgan fingerprint density at radius 3 is 2.39 bits per heavy atom. The molecule has 1 aromatic heterocycles. The van der Waals surface area contributed by atoms with Crippen molar-refractivity contribution in [3.8, 4) is 22.8 Å². The maximum absolute atomic E-state index is 12.4. The third-order valence-electron chi connectivity index (χ3n) is 4.52. The van der Waals surface area contributed by atoms with Gasteiger partial charge in [0, 0.05) is 24.6 Å². The smallest absolute Gasteiger partial charge is 0.287 e. The number of hydrogen-bond acceptors (Lipinski definition) is 7. The van der Waals surface area contributed by atoms with Crippen LogP contribution < -0.4 is 25.0 Å². The van der Waals surface area contributed by atoms with Gasteiger partial charge in [-0.1, -0.05) is 30.3 Å². The number of ether oxygens (including phenoxy) is 2. The maximum atomic E-state index is 12.4. The number of hydrazine groups is 1. The molecule has 33 heavy (non-hydrogen) atoms. The van der Waals surface area contributed by atoms with Crippen LogP contribution in [0.5, 0.6) is 11.5 Å². The molecule has 174 valence electrons. The van der Waals surface area contributed by atoms with E-state index in [2.05, 4.69) is 25.8 Å². The van der Waals surface area contributed by atoms with Crippen LogP contribution in [-0.4, -0.2) is 51.2 Å². The molecule has 0 aliphatic carbocycles. The Hall–Kier alpha value is -3.90. The Bertz CT molecular complexity index is 1230. The second-order valence-electron chi connectivity index (χ2n) is 6.70. The first-order chi connectivity index (χ1) is 15.8. The summed E-state index contributed by atoms with van der Waals surface area (Å²) in [6.07, 6.45) is -0.203. The van der Waals surface area contributed by atoms with Gasteiger partial charge in [-0.25, -0.2) is 13.1 Å². The molecule has 0 aliphatic rings. The number of amides is 2. The van der Waals surface area contributed by atoms with Gasteiger partial charge in [0.15, 0.2) is 11.5 Å². The standard InChI is InChI=1S/C21H23N5O6S/c1-31-18-9-8-15(12-19(18)32-2)33(29,30)22-11-10-20(27)25-26-21(28)17-13-16(23-24-17)14-6-4-3-5-7-14/h3-9,12-13,22H,10-11H2,1-2H3,(H,23,24)(H,25,27)(H,26,28). The van der Waals surface area contributed by atoms with Crippen LogP contribution in [-0.2, 0) is 14.8 Å². The van der Waals surface area contributed by atoms with Gasteiger partial charge in [-0.2, -0.15) is 5.10 Å². The SMILES string of the molecule is COc1ccc(S(=O)(=O)NCCC(=O)NNC(=O)c2cc(-c3ccccc3)n[nH]2)cc1OC. The van der Waals surface area contributed by atoms with E-state index in [-0.39, 0.29) is 29.3 Å². The number of aromatic nitrogens is 2. The molecule has 11 nitrogen and oxygen atoms in total. The minimum absolute atomic E-state index is 0.0395. The molecule has 0 radical (unpaired) electrons. The van der Waals surface area contributed by atoms with E-state index in [1.807, 2.05) is 30.3 Å². The number of methoxy groups -OCH3 is 2. The molecule has 0 spiro atoms. The molecule has 1 heterocycles. The van der Waals surface area contributed by atoms with Crippen LogP contribution in [0.4, 0.5) is 0 Å². The number of H-pyrrole nitrogens is 1. The Kier molecular flexibility index (Phi) is 7.64. The summed E-state index contributed by atoms with van der Waals surface area (Å²) in [7, 11) is -1.04. The van der Waals surface area contributed by atoms with Crippen molar-refractivity contribution in [2.24, 2.45) is 0 Å². The molecule has 0 saturated heterocycles. The number of hydrogen-bond donors (Lipinski definition) is 4. The van der Waals surface area contributed by atoms with Crippen molar-refractivity contribution >= 4 is 21.8 Å². The van der Waals surface area contributed by atoms with Gasteiger partial charge in [0.05, 0.1) is 24.8 Å². The van der Waals surface area contributed by atoms with Gasteiger partial charge in [-0.3, -0.25) is 25.5 Å². The van der Waals surface area contributed by atoms with Crippen LogP contribution in [0.3, 0.4) is 0 Å². The van der Waals surface area contributed by atoms with Gasteiger partial charge in [0.2, 0.25) is 15.9 Å². The topological polar surface area (TPSA) is 152 Å². The molecule has 0 unspecified atom stereocenters. The van der Waals surface area contributed by atoms with Gasteiger partial charge >= 0.3 is 0 Å². The number of carbonyl (C=O) groups is 2. The molecule has 0 atom stereocenters. The van der Waals surface area contributed by atoms with Gasteiger partial charge in [0.25, 0.3) is 5.91 Å². The molecule has 0 fully saturated rings. The predicted molar refractivity (Wildman–Crippen MR) is 119 cm³/mol. The van der Waals surface area contributed by atoms with Crippen LogP contribution in [0.2, 0.25) is 0 Å². The molecular weight excluding hydrogens is 450 g/mol. The fourth-order valence-corrected chi connectivity index (χ4v) is 3.86. The maximum Gasteiger partial charge on any atom is 0.287 e. The highest BCUT2D eigenvalue weighted by molar-refractivity contribution is 7.89. The number of rotatable bonds is 9. The minimum Gasteiger partial charge on any atom is -0.493 e. The summed E-state index contributed by atoms with van der Waals surface area (Å²) >= 11 is 0. The van der Waals surface area contributed by atoms with E-state index in [0.717, 1.165) is 5.56 Å². The summed E-state index contributed by atoms with van der Waals surface area (Å²) in [6, 6.07) is 15.0. The van der Waals surface area contributed by atoms with Crippen molar-refractivity contribution in [3.05, 3.63) is 60.3 Å². The lowest BCUT2D eigenvalue weighted by Gasteiger charge is -2.11. The Balaban J connectivity index is 1.48. The number of nitrogens with one attached hydrogen (secondary N) is 4. The number of nitrogens with zero attached hydrogens (tertiary/aromatic N) is 1. The van der Waals surface area contributed by atoms with Crippen molar-refractivity contribution < 1.29 is 27.5 Å².